The van der Waals surface area contributed by atoms with Gasteiger partial charge in [-0.2, -0.15) is 0 Å². The summed E-state index contributed by atoms with van der Waals surface area (Å²) in [5.74, 6) is 0. The second kappa shape index (κ2) is 2.69. The molecule has 1 saturated carbocycles. The average molecular weight is 351 g/mol. The minimum absolute atomic E-state index is 0.273. The molecule has 0 amide bonds. The summed E-state index contributed by atoms with van der Waals surface area (Å²) >= 11 is 10.0. The van der Waals surface area contributed by atoms with Crippen LogP contribution in [0.1, 0.15) is 26.7 Å². The van der Waals surface area contributed by atoms with E-state index in [1.165, 1.54) is 0 Å². The highest BCUT2D eigenvalue weighted by atomic mass is 80.0. The summed E-state index contributed by atoms with van der Waals surface area (Å²) in [5.41, 5.74) is -0.383. The Morgan fingerprint density at radius 2 is 1.55 bits per heavy atom. The van der Waals surface area contributed by atoms with Crippen molar-refractivity contribution in [2.24, 2.45) is 5.41 Å². The van der Waals surface area contributed by atoms with Crippen molar-refractivity contribution in [3.05, 3.63) is 0 Å². The molecule has 0 unspecified atom stereocenters. The van der Waals surface area contributed by atoms with Crippen molar-refractivity contribution >= 4 is 47.8 Å². The van der Waals surface area contributed by atoms with Gasteiger partial charge in [-0.1, -0.05) is 61.6 Å². The van der Waals surface area contributed by atoms with E-state index in [2.05, 4.69) is 61.6 Å². The Morgan fingerprint density at radius 1 is 1.18 bits per heavy atom. The largest absolute Gasteiger partial charge is 0.387 e. The molecule has 0 atom stereocenters. The molecule has 66 valence electrons. The summed E-state index contributed by atoms with van der Waals surface area (Å²) in [6.07, 6.45) is 1.61. The first kappa shape index (κ1) is 10.5. The molecule has 0 aromatic carbocycles. The minimum Gasteiger partial charge on any atom is -0.387 e. The smallest absolute Gasteiger partial charge is 0.163 e. The van der Waals surface area contributed by atoms with Crippen LogP contribution in [-0.4, -0.2) is 12.9 Å². The first-order chi connectivity index (χ1) is 4.66. The SMILES string of the molecule is CC1(C)CC(O)(C(Br)(Br)Br)C1. The van der Waals surface area contributed by atoms with Crippen LogP contribution in [-0.2, 0) is 0 Å². The molecule has 1 rings (SSSR count). The van der Waals surface area contributed by atoms with E-state index in [9.17, 15) is 5.11 Å². The van der Waals surface area contributed by atoms with Gasteiger partial charge in [-0.05, 0) is 18.3 Å². The van der Waals surface area contributed by atoms with E-state index in [1.54, 1.807) is 0 Å². The molecular formula is C7H11Br3O. The van der Waals surface area contributed by atoms with Gasteiger partial charge in [0.15, 0.2) is 2.14 Å². The van der Waals surface area contributed by atoms with E-state index in [0.29, 0.717) is 0 Å². The molecule has 0 aliphatic heterocycles. The lowest BCUT2D eigenvalue weighted by Crippen LogP contribution is -2.56. The first-order valence-corrected chi connectivity index (χ1v) is 5.83. The van der Waals surface area contributed by atoms with Crippen molar-refractivity contribution in [3.63, 3.8) is 0 Å². The predicted molar refractivity (Wildman–Crippen MR) is 57.5 cm³/mol. The number of hydrogen-bond donors (Lipinski definition) is 1. The van der Waals surface area contributed by atoms with Gasteiger partial charge in [0, 0.05) is 0 Å². The standard InChI is InChI=1S/C7H11Br3O/c1-5(2)3-6(11,4-5)7(8,9)10/h11H,3-4H2,1-2H3. The summed E-state index contributed by atoms with van der Waals surface area (Å²) in [6.45, 7) is 4.31. The molecule has 4 heteroatoms. The van der Waals surface area contributed by atoms with Crippen molar-refractivity contribution < 1.29 is 5.11 Å². The van der Waals surface area contributed by atoms with Crippen molar-refractivity contribution in [3.8, 4) is 0 Å². The van der Waals surface area contributed by atoms with Crippen LogP contribution < -0.4 is 0 Å². The quantitative estimate of drug-likeness (QED) is 0.664. The number of alkyl halides is 3. The third kappa shape index (κ3) is 2.01. The molecule has 1 nitrogen and oxygen atoms in total. The molecule has 0 aromatic rings. The van der Waals surface area contributed by atoms with Crippen molar-refractivity contribution in [1.82, 2.24) is 0 Å². The van der Waals surface area contributed by atoms with Crippen LogP contribution >= 0.6 is 47.8 Å². The Morgan fingerprint density at radius 3 is 1.64 bits per heavy atom. The Labute approximate surface area is 92.3 Å². The fraction of sp³-hybridized carbons (Fsp3) is 1.00. The van der Waals surface area contributed by atoms with Crippen LogP contribution in [0.15, 0.2) is 0 Å². The lowest BCUT2D eigenvalue weighted by atomic mass is 9.62. The van der Waals surface area contributed by atoms with Gasteiger partial charge in [0.2, 0.25) is 0 Å². The molecule has 1 aliphatic rings. The lowest BCUT2D eigenvalue weighted by molar-refractivity contribution is -0.101. The highest BCUT2D eigenvalue weighted by Crippen LogP contribution is 2.60. The van der Waals surface area contributed by atoms with Crippen LogP contribution in [0.3, 0.4) is 0 Å². The summed E-state index contributed by atoms with van der Waals surface area (Å²) in [6, 6.07) is 0. The topological polar surface area (TPSA) is 20.2 Å². The van der Waals surface area contributed by atoms with Crippen molar-refractivity contribution in [2.45, 2.75) is 34.4 Å². The predicted octanol–water partition coefficient (Wildman–Crippen LogP) is 3.38. The third-order valence-electron chi connectivity index (χ3n) is 2.07. The fourth-order valence-corrected chi connectivity index (χ4v) is 2.57. The molecular weight excluding hydrogens is 340 g/mol. The molecule has 0 spiro atoms. The summed E-state index contributed by atoms with van der Waals surface area (Å²) in [4.78, 5) is 0. The molecule has 0 radical (unpaired) electrons. The lowest BCUT2D eigenvalue weighted by Gasteiger charge is -2.53. The zero-order chi connectivity index (χ0) is 8.91. The second-order valence-electron chi connectivity index (χ2n) is 4.05. The molecule has 1 aliphatic carbocycles. The van der Waals surface area contributed by atoms with Gasteiger partial charge >= 0.3 is 0 Å². The van der Waals surface area contributed by atoms with Gasteiger partial charge in [-0.15, -0.1) is 0 Å². The van der Waals surface area contributed by atoms with Gasteiger partial charge in [-0.25, -0.2) is 0 Å². The zero-order valence-corrected chi connectivity index (χ0v) is 11.3. The summed E-state index contributed by atoms with van der Waals surface area (Å²) in [7, 11) is 0. The maximum absolute atomic E-state index is 9.94. The molecule has 0 bridgehead atoms. The van der Waals surface area contributed by atoms with E-state index in [1.807, 2.05) is 0 Å². The molecule has 1 fully saturated rings. The van der Waals surface area contributed by atoms with E-state index < -0.39 is 7.74 Å². The summed E-state index contributed by atoms with van der Waals surface area (Å²) < 4.78 is -0.518. The highest BCUT2D eigenvalue weighted by molar-refractivity contribution is 9.39. The average Bonchev–Trinajstić information content (AvgIpc) is 1.55. The zero-order valence-electron chi connectivity index (χ0n) is 6.50. The van der Waals surface area contributed by atoms with Crippen molar-refractivity contribution in [1.29, 1.82) is 0 Å². The van der Waals surface area contributed by atoms with E-state index in [0.717, 1.165) is 12.8 Å². The Hall–Kier alpha value is 1.40. The Bertz CT molecular complexity index is 163. The Kier molecular flexibility index (Phi) is 2.57. The Balaban J connectivity index is 2.64. The number of hydrogen-bond acceptors (Lipinski definition) is 1. The number of rotatable bonds is 0. The van der Waals surface area contributed by atoms with E-state index in [4.69, 9.17) is 0 Å². The fourth-order valence-electron chi connectivity index (χ4n) is 1.73. The van der Waals surface area contributed by atoms with Gasteiger partial charge < -0.3 is 5.11 Å². The third-order valence-corrected chi connectivity index (χ3v) is 4.28. The van der Waals surface area contributed by atoms with Gasteiger partial charge in [-0.3, -0.25) is 0 Å². The second-order valence-corrected chi connectivity index (χ2v) is 10.8. The minimum atomic E-state index is -0.656. The maximum Gasteiger partial charge on any atom is 0.163 e. The van der Waals surface area contributed by atoms with Gasteiger partial charge in [0.05, 0.1) is 0 Å². The maximum atomic E-state index is 9.94. The first-order valence-electron chi connectivity index (χ1n) is 3.45. The van der Waals surface area contributed by atoms with E-state index in [-0.39, 0.29) is 5.41 Å². The van der Waals surface area contributed by atoms with Crippen LogP contribution in [0.25, 0.3) is 0 Å². The monoisotopic (exact) mass is 348 g/mol. The van der Waals surface area contributed by atoms with Crippen molar-refractivity contribution in [2.75, 3.05) is 0 Å². The van der Waals surface area contributed by atoms with Gasteiger partial charge in [0.1, 0.15) is 5.60 Å². The molecule has 0 aromatic heterocycles. The normalized spacial score (nSPS) is 27.8. The number of aliphatic hydroxyl groups is 1. The molecule has 11 heavy (non-hydrogen) atoms. The molecule has 0 saturated heterocycles. The van der Waals surface area contributed by atoms with E-state index >= 15 is 0 Å². The molecule has 0 heterocycles. The van der Waals surface area contributed by atoms with Crippen LogP contribution in [0, 0.1) is 5.41 Å². The highest BCUT2D eigenvalue weighted by Gasteiger charge is 2.57. The van der Waals surface area contributed by atoms with Crippen LogP contribution in [0.5, 0.6) is 0 Å². The van der Waals surface area contributed by atoms with Crippen LogP contribution in [0.4, 0.5) is 0 Å². The summed E-state index contributed by atoms with van der Waals surface area (Å²) in [5, 5.41) is 9.94. The molecule has 1 N–H and O–H groups in total. The van der Waals surface area contributed by atoms with Gasteiger partial charge in [0.25, 0.3) is 0 Å². The number of halogens is 3. The van der Waals surface area contributed by atoms with Crippen LogP contribution in [0.2, 0.25) is 0 Å².